The molecule has 1 aliphatic heterocycles. The van der Waals surface area contributed by atoms with Gasteiger partial charge < -0.3 is 14.7 Å². The van der Waals surface area contributed by atoms with Crippen molar-refractivity contribution in [2.24, 2.45) is 0 Å². The number of aliphatic hydroxyl groups excluding tert-OH is 1. The molecule has 5 heteroatoms. The highest BCUT2D eigenvalue weighted by atomic mass is 79.9. The van der Waals surface area contributed by atoms with Gasteiger partial charge in [0.15, 0.2) is 0 Å². The molecule has 0 aliphatic carbocycles. The molecule has 1 aromatic heterocycles. The van der Waals surface area contributed by atoms with Gasteiger partial charge in [0.05, 0.1) is 18.8 Å². The molecular formula is C12H17BrN2O2. The van der Waals surface area contributed by atoms with Gasteiger partial charge in [-0.15, -0.1) is 0 Å². The Morgan fingerprint density at radius 1 is 1.65 bits per heavy atom. The third-order valence-electron chi connectivity index (χ3n) is 3.25. The minimum absolute atomic E-state index is 0.105. The Labute approximate surface area is 110 Å². The monoisotopic (exact) mass is 300 g/mol. The SMILES string of the molecule is CO[C@@H]1C[C@@H](CO)N(c2cc(C)c(Br)cn2)C1. The van der Waals surface area contributed by atoms with Crippen LogP contribution in [0, 0.1) is 6.92 Å². The number of anilines is 1. The molecule has 2 heterocycles. The Bertz CT molecular complexity index is 400. The number of hydrogen-bond acceptors (Lipinski definition) is 4. The molecule has 2 atom stereocenters. The highest BCUT2D eigenvalue weighted by Crippen LogP contribution is 2.27. The molecule has 0 bridgehead atoms. The number of rotatable bonds is 3. The molecule has 1 saturated heterocycles. The summed E-state index contributed by atoms with van der Waals surface area (Å²) in [5.41, 5.74) is 1.15. The molecule has 0 saturated carbocycles. The maximum absolute atomic E-state index is 9.40. The van der Waals surface area contributed by atoms with Gasteiger partial charge in [0.1, 0.15) is 5.82 Å². The second-order valence-corrected chi connectivity index (χ2v) is 5.23. The number of methoxy groups -OCH3 is 1. The quantitative estimate of drug-likeness (QED) is 0.924. The lowest BCUT2D eigenvalue weighted by atomic mass is 10.2. The first kappa shape index (κ1) is 12.8. The van der Waals surface area contributed by atoms with Crippen molar-refractivity contribution < 1.29 is 9.84 Å². The van der Waals surface area contributed by atoms with Gasteiger partial charge in [0, 0.05) is 24.3 Å². The minimum Gasteiger partial charge on any atom is -0.394 e. The summed E-state index contributed by atoms with van der Waals surface area (Å²) >= 11 is 3.44. The number of halogens is 1. The van der Waals surface area contributed by atoms with Crippen molar-refractivity contribution in [3.63, 3.8) is 0 Å². The third kappa shape index (κ3) is 2.61. The van der Waals surface area contributed by atoms with Crippen LogP contribution in [-0.4, -0.2) is 42.5 Å². The first-order valence-corrected chi connectivity index (χ1v) is 6.47. The fourth-order valence-corrected chi connectivity index (χ4v) is 2.40. The van der Waals surface area contributed by atoms with E-state index in [2.05, 4.69) is 25.8 Å². The number of nitrogens with zero attached hydrogens (tertiary/aromatic N) is 2. The number of pyridine rings is 1. The minimum atomic E-state index is 0.105. The molecule has 94 valence electrons. The zero-order chi connectivity index (χ0) is 12.4. The van der Waals surface area contributed by atoms with Crippen LogP contribution in [0.1, 0.15) is 12.0 Å². The first-order valence-electron chi connectivity index (χ1n) is 5.68. The molecule has 2 rings (SSSR count). The van der Waals surface area contributed by atoms with Gasteiger partial charge in [-0.1, -0.05) is 0 Å². The number of aryl methyl sites for hydroxylation is 1. The van der Waals surface area contributed by atoms with Crippen LogP contribution in [0.25, 0.3) is 0 Å². The van der Waals surface area contributed by atoms with Gasteiger partial charge in [-0.3, -0.25) is 0 Å². The number of aromatic nitrogens is 1. The van der Waals surface area contributed by atoms with Gasteiger partial charge in [-0.2, -0.15) is 0 Å². The second kappa shape index (κ2) is 5.33. The van der Waals surface area contributed by atoms with Gasteiger partial charge in [0.25, 0.3) is 0 Å². The van der Waals surface area contributed by atoms with Crippen LogP contribution in [0.2, 0.25) is 0 Å². The summed E-state index contributed by atoms with van der Waals surface area (Å²) in [6.45, 7) is 2.96. The van der Waals surface area contributed by atoms with E-state index < -0.39 is 0 Å². The maximum Gasteiger partial charge on any atom is 0.129 e. The zero-order valence-corrected chi connectivity index (χ0v) is 11.6. The Morgan fingerprint density at radius 2 is 2.41 bits per heavy atom. The van der Waals surface area contributed by atoms with Crippen molar-refractivity contribution in [2.45, 2.75) is 25.5 Å². The average Bonchev–Trinajstić information content (AvgIpc) is 2.76. The summed E-state index contributed by atoms with van der Waals surface area (Å²) in [5.74, 6) is 0.907. The standard InChI is InChI=1S/C12H17BrN2O2/c1-8-3-12(14-5-11(8)13)15-6-10(17-2)4-9(15)7-16/h3,5,9-10,16H,4,6-7H2,1-2H3/t9-,10+/m0/s1. The van der Waals surface area contributed by atoms with E-state index in [1.54, 1.807) is 13.3 Å². The normalized spacial score (nSPS) is 24.4. The van der Waals surface area contributed by atoms with E-state index in [9.17, 15) is 5.11 Å². The first-order chi connectivity index (χ1) is 8.15. The van der Waals surface area contributed by atoms with Crippen molar-refractivity contribution >= 4 is 21.7 Å². The molecule has 17 heavy (non-hydrogen) atoms. The highest BCUT2D eigenvalue weighted by molar-refractivity contribution is 9.10. The lowest BCUT2D eigenvalue weighted by molar-refractivity contribution is 0.115. The molecule has 1 fully saturated rings. The van der Waals surface area contributed by atoms with Crippen LogP contribution in [0.15, 0.2) is 16.7 Å². The topological polar surface area (TPSA) is 45.6 Å². The lowest BCUT2D eigenvalue weighted by Crippen LogP contribution is -2.33. The summed E-state index contributed by atoms with van der Waals surface area (Å²) in [4.78, 5) is 6.52. The van der Waals surface area contributed by atoms with E-state index in [0.717, 1.165) is 28.8 Å². The number of hydrogen-bond donors (Lipinski definition) is 1. The van der Waals surface area contributed by atoms with Crippen LogP contribution in [-0.2, 0) is 4.74 Å². The van der Waals surface area contributed by atoms with Gasteiger partial charge in [0.2, 0.25) is 0 Å². The second-order valence-electron chi connectivity index (χ2n) is 4.37. The van der Waals surface area contributed by atoms with Crippen LogP contribution in [0.4, 0.5) is 5.82 Å². The molecule has 1 N–H and O–H groups in total. The summed E-state index contributed by atoms with van der Waals surface area (Å²) in [6, 6.07) is 2.14. The fraction of sp³-hybridized carbons (Fsp3) is 0.583. The fourth-order valence-electron chi connectivity index (χ4n) is 2.18. The average molecular weight is 301 g/mol. The molecule has 0 unspecified atom stereocenters. The molecule has 0 aromatic carbocycles. The van der Waals surface area contributed by atoms with Crippen molar-refractivity contribution in [1.29, 1.82) is 0 Å². The van der Waals surface area contributed by atoms with E-state index in [-0.39, 0.29) is 18.8 Å². The summed E-state index contributed by atoms with van der Waals surface area (Å²) in [5, 5.41) is 9.40. The van der Waals surface area contributed by atoms with Gasteiger partial charge in [-0.05, 0) is 40.9 Å². The van der Waals surface area contributed by atoms with E-state index in [4.69, 9.17) is 4.74 Å². The molecule has 1 aromatic rings. The van der Waals surface area contributed by atoms with Crippen molar-refractivity contribution in [1.82, 2.24) is 4.98 Å². The van der Waals surface area contributed by atoms with Crippen LogP contribution >= 0.6 is 15.9 Å². The molecule has 1 aliphatic rings. The summed E-state index contributed by atoms with van der Waals surface area (Å²) in [7, 11) is 1.71. The Balaban J connectivity index is 2.23. The molecule has 4 nitrogen and oxygen atoms in total. The Morgan fingerprint density at radius 3 is 3.00 bits per heavy atom. The van der Waals surface area contributed by atoms with Crippen molar-refractivity contribution in [3.8, 4) is 0 Å². The number of aliphatic hydroxyl groups is 1. The molecule has 0 radical (unpaired) electrons. The Kier molecular flexibility index (Phi) is 4.01. The predicted octanol–water partition coefficient (Wildman–Crippen LogP) is 1.74. The van der Waals surface area contributed by atoms with E-state index in [1.807, 2.05) is 13.0 Å². The zero-order valence-electron chi connectivity index (χ0n) is 10.1. The maximum atomic E-state index is 9.40. The lowest BCUT2D eigenvalue weighted by Gasteiger charge is -2.24. The van der Waals surface area contributed by atoms with Gasteiger partial charge in [-0.25, -0.2) is 4.98 Å². The molecular weight excluding hydrogens is 284 g/mol. The number of ether oxygens (including phenoxy) is 1. The van der Waals surface area contributed by atoms with Crippen LogP contribution in [0.3, 0.4) is 0 Å². The highest BCUT2D eigenvalue weighted by Gasteiger charge is 2.32. The Hall–Kier alpha value is -0.650. The van der Waals surface area contributed by atoms with Gasteiger partial charge >= 0.3 is 0 Å². The summed E-state index contributed by atoms with van der Waals surface area (Å²) in [6.07, 6.45) is 2.83. The third-order valence-corrected chi connectivity index (χ3v) is 4.08. The summed E-state index contributed by atoms with van der Waals surface area (Å²) < 4.78 is 6.36. The predicted molar refractivity (Wildman–Crippen MR) is 70.3 cm³/mol. The smallest absolute Gasteiger partial charge is 0.129 e. The van der Waals surface area contributed by atoms with E-state index >= 15 is 0 Å². The van der Waals surface area contributed by atoms with E-state index in [0.29, 0.717) is 0 Å². The largest absolute Gasteiger partial charge is 0.394 e. The van der Waals surface area contributed by atoms with Crippen molar-refractivity contribution in [3.05, 3.63) is 22.3 Å². The van der Waals surface area contributed by atoms with Crippen LogP contribution in [0.5, 0.6) is 0 Å². The van der Waals surface area contributed by atoms with Crippen LogP contribution < -0.4 is 4.90 Å². The molecule has 0 amide bonds. The van der Waals surface area contributed by atoms with E-state index in [1.165, 1.54) is 0 Å². The molecule has 0 spiro atoms. The van der Waals surface area contributed by atoms with Crippen molar-refractivity contribution in [2.75, 3.05) is 25.2 Å².